The van der Waals surface area contributed by atoms with Gasteiger partial charge in [0, 0.05) is 13.0 Å². The minimum atomic E-state index is -0.208. The zero-order chi connectivity index (χ0) is 19.1. The number of nitrogens with one attached hydrogen (secondary N) is 1. The van der Waals surface area contributed by atoms with Crippen LogP contribution in [0.15, 0.2) is 52.9 Å². The van der Waals surface area contributed by atoms with Crippen LogP contribution >= 0.6 is 0 Å². The lowest BCUT2D eigenvalue weighted by atomic mass is 10.2. The van der Waals surface area contributed by atoms with Crippen LogP contribution in [0, 0.1) is 6.92 Å². The molecule has 0 saturated heterocycles. The lowest BCUT2D eigenvalue weighted by molar-refractivity contribution is -0.123. The van der Waals surface area contributed by atoms with E-state index < -0.39 is 0 Å². The van der Waals surface area contributed by atoms with Crippen molar-refractivity contribution in [1.29, 1.82) is 0 Å². The van der Waals surface area contributed by atoms with Gasteiger partial charge in [0.2, 0.25) is 5.89 Å². The summed E-state index contributed by atoms with van der Waals surface area (Å²) in [6.07, 6.45) is 0.429. The topological polar surface area (TPSA) is 86.5 Å². The van der Waals surface area contributed by atoms with Crippen molar-refractivity contribution in [3.63, 3.8) is 0 Å². The number of rotatable bonds is 8. The molecule has 0 atom stereocenters. The third-order valence-electron chi connectivity index (χ3n) is 3.86. The fraction of sp³-hybridized carbons (Fsp3) is 0.250. The van der Waals surface area contributed by atoms with Crippen LogP contribution in [0.1, 0.15) is 11.5 Å². The molecule has 1 amide bonds. The van der Waals surface area contributed by atoms with Crippen molar-refractivity contribution in [3.05, 3.63) is 60.0 Å². The summed E-state index contributed by atoms with van der Waals surface area (Å²) in [5.41, 5.74) is 1.87. The molecule has 7 heteroatoms. The largest absolute Gasteiger partial charge is 0.496 e. The van der Waals surface area contributed by atoms with Crippen LogP contribution in [0.2, 0.25) is 0 Å². The van der Waals surface area contributed by atoms with Crippen LogP contribution in [0.3, 0.4) is 0 Å². The average molecular weight is 367 g/mol. The number of benzene rings is 2. The first kappa shape index (κ1) is 18.4. The minimum Gasteiger partial charge on any atom is -0.496 e. The number of methoxy groups -OCH3 is 1. The van der Waals surface area contributed by atoms with E-state index in [9.17, 15) is 4.79 Å². The van der Waals surface area contributed by atoms with Gasteiger partial charge in [0.25, 0.3) is 11.8 Å². The molecule has 27 heavy (non-hydrogen) atoms. The Labute approximate surface area is 157 Å². The number of aryl methyl sites for hydroxylation is 1. The van der Waals surface area contributed by atoms with Crippen molar-refractivity contribution in [1.82, 2.24) is 15.5 Å². The number of hydrogen-bond acceptors (Lipinski definition) is 6. The van der Waals surface area contributed by atoms with Crippen LogP contribution in [0.25, 0.3) is 11.5 Å². The molecule has 0 unspecified atom stereocenters. The number of hydrogen-bond donors (Lipinski definition) is 1. The Balaban J connectivity index is 1.46. The maximum atomic E-state index is 11.9. The van der Waals surface area contributed by atoms with E-state index in [0.29, 0.717) is 36.2 Å². The standard InChI is InChI=1S/C20H21N3O4/c1-14-7-9-15(10-8-14)26-13-18(24)21-12-11-19-22-23-20(27-19)16-5-3-4-6-17(16)25-2/h3-10H,11-13H2,1-2H3,(H,21,24). The first-order chi connectivity index (χ1) is 13.2. The predicted octanol–water partition coefficient (Wildman–Crippen LogP) is 2.79. The summed E-state index contributed by atoms with van der Waals surface area (Å²) in [5.74, 6) is 1.94. The Bertz CT molecular complexity index is 890. The molecule has 1 aromatic heterocycles. The lowest BCUT2D eigenvalue weighted by Gasteiger charge is -2.07. The van der Waals surface area contributed by atoms with E-state index in [2.05, 4.69) is 15.5 Å². The first-order valence-electron chi connectivity index (χ1n) is 8.57. The molecule has 0 aliphatic heterocycles. The summed E-state index contributed by atoms with van der Waals surface area (Å²) in [4.78, 5) is 11.9. The molecule has 0 fully saturated rings. The first-order valence-corrected chi connectivity index (χ1v) is 8.57. The highest BCUT2D eigenvalue weighted by molar-refractivity contribution is 5.77. The van der Waals surface area contributed by atoms with Crippen molar-refractivity contribution >= 4 is 5.91 Å². The Morgan fingerprint density at radius 3 is 2.67 bits per heavy atom. The molecule has 0 radical (unpaired) electrons. The van der Waals surface area contributed by atoms with E-state index in [1.54, 1.807) is 7.11 Å². The van der Waals surface area contributed by atoms with Crippen LogP contribution in [-0.4, -0.2) is 36.4 Å². The van der Waals surface area contributed by atoms with Gasteiger partial charge in [-0.15, -0.1) is 10.2 Å². The summed E-state index contributed by atoms with van der Waals surface area (Å²) < 4.78 is 16.4. The van der Waals surface area contributed by atoms with E-state index >= 15 is 0 Å². The Hall–Kier alpha value is -3.35. The zero-order valence-electron chi connectivity index (χ0n) is 15.3. The van der Waals surface area contributed by atoms with Crippen LogP contribution in [0.4, 0.5) is 0 Å². The van der Waals surface area contributed by atoms with Gasteiger partial charge < -0.3 is 19.2 Å². The Kier molecular flexibility index (Phi) is 6.04. The molecule has 0 aliphatic carbocycles. The molecule has 2 aromatic carbocycles. The highest BCUT2D eigenvalue weighted by Crippen LogP contribution is 2.28. The smallest absolute Gasteiger partial charge is 0.257 e. The SMILES string of the molecule is COc1ccccc1-c1nnc(CCNC(=O)COc2ccc(C)cc2)o1. The molecular formula is C20H21N3O4. The van der Waals surface area contributed by atoms with Gasteiger partial charge in [0.1, 0.15) is 11.5 Å². The van der Waals surface area contributed by atoms with Crippen molar-refractivity contribution < 1.29 is 18.7 Å². The molecule has 3 rings (SSSR count). The van der Waals surface area contributed by atoms with Crippen LogP contribution in [0.5, 0.6) is 11.5 Å². The average Bonchev–Trinajstić information content (AvgIpc) is 3.16. The second-order valence-electron chi connectivity index (χ2n) is 5.90. The van der Waals surface area contributed by atoms with E-state index in [1.807, 2.05) is 55.5 Å². The molecule has 0 saturated carbocycles. The Morgan fingerprint density at radius 1 is 1.11 bits per heavy atom. The lowest BCUT2D eigenvalue weighted by Crippen LogP contribution is -2.30. The van der Waals surface area contributed by atoms with Gasteiger partial charge in [-0.2, -0.15) is 0 Å². The third kappa shape index (κ3) is 5.07. The van der Waals surface area contributed by atoms with Gasteiger partial charge in [-0.1, -0.05) is 29.8 Å². The third-order valence-corrected chi connectivity index (χ3v) is 3.86. The number of ether oxygens (including phenoxy) is 2. The quantitative estimate of drug-likeness (QED) is 0.659. The maximum Gasteiger partial charge on any atom is 0.257 e. The zero-order valence-corrected chi connectivity index (χ0v) is 15.3. The molecule has 0 aliphatic rings. The summed E-state index contributed by atoms with van der Waals surface area (Å²) in [5, 5.41) is 10.8. The second kappa shape index (κ2) is 8.84. The van der Waals surface area contributed by atoms with Gasteiger partial charge in [-0.3, -0.25) is 4.79 Å². The van der Waals surface area contributed by atoms with Gasteiger partial charge in [0.05, 0.1) is 12.7 Å². The number of carbonyl (C=O) groups is 1. The predicted molar refractivity (Wildman–Crippen MR) is 99.7 cm³/mol. The number of carbonyl (C=O) groups excluding carboxylic acids is 1. The number of amides is 1. The molecule has 140 valence electrons. The van der Waals surface area contributed by atoms with Crippen molar-refractivity contribution in [2.45, 2.75) is 13.3 Å². The normalized spacial score (nSPS) is 10.4. The van der Waals surface area contributed by atoms with E-state index in [-0.39, 0.29) is 12.5 Å². The number of para-hydroxylation sites is 1. The van der Waals surface area contributed by atoms with Gasteiger partial charge >= 0.3 is 0 Å². The fourth-order valence-corrected chi connectivity index (χ4v) is 2.43. The van der Waals surface area contributed by atoms with Crippen molar-refractivity contribution in [3.8, 4) is 23.0 Å². The minimum absolute atomic E-state index is 0.0423. The monoisotopic (exact) mass is 367 g/mol. The van der Waals surface area contributed by atoms with Crippen LogP contribution < -0.4 is 14.8 Å². The molecule has 0 bridgehead atoms. The Morgan fingerprint density at radius 2 is 1.89 bits per heavy atom. The molecule has 0 spiro atoms. The van der Waals surface area contributed by atoms with E-state index in [0.717, 1.165) is 11.1 Å². The molecule has 1 heterocycles. The van der Waals surface area contributed by atoms with Gasteiger partial charge in [-0.05, 0) is 31.2 Å². The summed E-state index contributed by atoms with van der Waals surface area (Å²) in [7, 11) is 1.59. The second-order valence-corrected chi connectivity index (χ2v) is 5.90. The van der Waals surface area contributed by atoms with Gasteiger partial charge in [-0.25, -0.2) is 0 Å². The van der Waals surface area contributed by atoms with Crippen molar-refractivity contribution in [2.24, 2.45) is 0 Å². The maximum absolute atomic E-state index is 11.9. The highest BCUT2D eigenvalue weighted by atomic mass is 16.5. The van der Waals surface area contributed by atoms with Gasteiger partial charge in [0.15, 0.2) is 6.61 Å². The summed E-state index contributed by atoms with van der Waals surface area (Å²) in [6, 6.07) is 14.9. The fourth-order valence-electron chi connectivity index (χ4n) is 2.43. The summed E-state index contributed by atoms with van der Waals surface area (Å²) in [6.45, 7) is 2.33. The highest BCUT2D eigenvalue weighted by Gasteiger charge is 2.13. The number of aromatic nitrogens is 2. The molecule has 3 aromatic rings. The number of nitrogens with zero attached hydrogens (tertiary/aromatic N) is 2. The van der Waals surface area contributed by atoms with E-state index in [1.165, 1.54) is 0 Å². The van der Waals surface area contributed by atoms with E-state index in [4.69, 9.17) is 13.9 Å². The van der Waals surface area contributed by atoms with Crippen molar-refractivity contribution in [2.75, 3.05) is 20.3 Å². The molecule has 1 N–H and O–H groups in total. The summed E-state index contributed by atoms with van der Waals surface area (Å²) >= 11 is 0. The molecular weight excluding hydrogens is 346 g/mol. The van der Waals surface area contributed by atoms with Crippen LogP contribution in [-0.2, 0) is 11.2 Å². The molecule has 7 nitrogen and oxygen atoms in total.